The van der Waals surface area contributed by atoms with Gasteiger partial charge in [-0.15, -0.1) is 0 Å². The highest BCUT2D eigenvalue weighted by atomic mass is 19.1. The number of nitrogens with zero attached hydrogens (tertiary/aromatic N) is 1. The average Bonchev–Trinajstić information content (AvgIpc) is 3.02. The number of fused-ring (bicyclic) bond motifs is 1. The lowest BCUT2D eigenvalue weighted by molar-refractivity contribution is -0.110. The molecule has 6 heteroatoms. The van der Waals surface area contributed by atoms with E-state index in [0.29, 0.717) is 17.9 Å². The summed E-state index contributed by atoms with van der Waals surface area (Å²) in [6.07, 6.45) is 2.45. The van der Waals surface area contributed by atoms with Crippen LogP contribution >= 0.6 is 0 Å². The Hall–Kier alpha value is -2.86. The van der Waals surface area contributed by atoms with E-state index in [-0.39, 0.29) is 11.7 Å². The Morgan fingerprint density at radius 2 is 1.96 bits per heavy atom. The number of nitrogens with one attached hydrogen (secondary N) is 2. The zero-order valence-electron chi connectivity index (χ0n) is 16.3. The van der Waals surface area contributed by atoms with Gasteiger partial charge < -0.3 is 20.3 Å². The molecule has 2 aromatic rings. The van der Waals surface area contributed by atoms with E-state index in [2.05, 4.69) is 29.4 Å². The lowest BCUT2D eigenvalue weighted by atomic mass is 10.1. The second-order valence-corrected chi connectivity index (χ2v) is 6.58. The van der Waals surface area contributed by atoms with E-state index >= 15 is 0 Å². The fraction of sp³-hybridized carbons (Fsp3) is 0.318. The highest BCUT2D eigenvalue weighted by Gasteiger charge is 2.23. The van der Waals surface area contributed by atoms with Gasteiger partial charge in [-0.25, -0.2) is 4.39 Å². The molecule has 0 unspecified atom stereocenters. The van der Waals surface area contributed by atoms with E-state index in [9.17, 15) is 9.18 Å². The largest absolute Gasteiger partial charge is 0.490 e. The summed E-state index contributed by atoms with van der Waals surface area (Å²) in [5.41, 5.74) is 2.68. The molecule has 1 amide bonds. The van der Waals surface area contributed by atoms with Crippen LogP contribution in [-0.4, -0.2) is 37.0 Å². The number of carbonyl (C=O) groups is 1. The van der Waals surface area contributed by atoms with Crippen molar-refractivity contribution in [3.05, 3.63) is 60.0 Å². The van der Waals surface area contributed by atoms with Gasteiger partial charge in [0.15, 0.2) is 11.6 Å². The predicted octanol–water partition coefficient (Wildman–Crippen LogP) is 4.34. The van der Waals surface area contributed by atoms with Crippen molar-refractivity contribution in [2.45, 2.75) is 20.3 Å². The van der Waals surface area contributed by atoms with Crippen molar-refractivity contribution in [1.82, 2.24) is 4.90 Å². The molecule has 0 fully saturated rings. The highest BCUT2D eigenvalue weighted by Crippen LogP contribution is 2.31. The minimum atomic E-state index is -0.428. The number of anilines is 2. The fourth-order valence-corrected chi connectivity index (χ4v) is 3.16. The van der Waals surface area contributed by atoms with Crippen LogP contribution in [0.4, 0.5) is 15.8 Å². The third kappa shape index (κ3) is 4.70. The molecule has 2 aromatic carbocycles. The summed E-state index contributed by atoms with van der Waals surface area (Å²) >= 11 is 0. The van der Waals surface area contributed by atoms with Crippen molar-refractivity contribution in [2.75, 3.05) is 36.9 Å². The monoisotopic (exact) mass is 383 g/mol. The molecular formula is C22H26FN3O2. The zero-order chi connectivity index (χ0) is 19.9. The van der Waals surface area contributed by atoms with Crippen molar-refractivity contribution < 1.29 is 13.9 Å². The molecule has 1 aliphatic rings. The molecule has 0 bridgehead atoms. The normalized spacial score (nSPS) is 14.3. The van der Waals surface area contributed by atoms with E-state index in [0.717, 1.165) is 37.3 Å². The first-order valence-corrected chi connectivity index (χ1v) is 9.64. The summed E-state index contributed by atoms with van der Waals surface area (Å²) in [6, 6.07) is 12.2. The Bertz CT molecular complexity index is 863. The number of carbonyl (C=O) groups excluding carboxylic acids is 1. The van der Waals surface area contributed by atoms with Crippen molar-refractivity contribution in [3.63, 3.8) is 0 Å². The van der Waals surface area contributed by atoms with Crippen LogP contribution in [0.5, 0.6) is 5.75 Å². The third-order valence-electron chi connectivity index (χ3n) is 4.80. The molecule has 2 N–H and O–H groups in total. The number of hydrogen-bond acceptors (Lipinski definition) is 4. The number of rotatable bonds is 9. The lowest BCUT2D eigenvalue weighted by Crippen LogP contribution is -2.25. The third-order valence-corrected chi connectivity index (χ3v) is 4.80. The molecule has 0 aliphatic carbocycles. The van der Waals surface area contributed by atoms with Gasteiger partial charge in [0.25, 0.3) is 5.91 Å². The van der Waals surface area contributed by atoms with Gasteiger partial charge >= 0.3 is 0 Å². The minimum absolute atomic E-state index is 0.178. The van der Waals surface area contributed by atoms with Crippen LogP contribution in [0.1, 0.15) is 25.8 Å². The van der Waals surface area contributed by atoms with Gasteiger partial charge in [0, 0.05) is 35.7 Å². The molecule has 0 spiro atoms. The van der Waals surface area contributed by atoms with Crippen LogP contribution in [0.2, 0.25) is 0 Å². The van der Waals surface area contributed by atoms with Crippen LogP contribution in [0.3, 0.4) is 0 Å². The van der Waals surface area contributed by atoms with Crippen molar-refractivity contribution in [3.8, 4) is 5.75 Å². The zero-order valence-corrected chi connectivity index (χ0v) is 16.3. The molecule has 1 aliphatic heterocycles. The maximum Gasteiger partial charge on any atom is 0.257 e. The van der Waals surface area contributed by atoms with Gasteiger partial charge in [0.05, 0.1) is 12.2 Å². The highest BCUT2D eigenvalue weighted by molar-refractivity contribution is 6.31. The van der Waals surface area contributed by atoms with Gasteiger partial charge in [-0.1, -0.05) is 32.0 Å². The Morgan fingerprint density at radius 1 is 1.18 bits per heavy atom. The van der Waals surface area contributed by atoms with Gasteiger partial charge in [-0.05, 0) is 37.7 Å². The van der Waals surface area contributed by atoms with E-state index in [1.165, 1.54) is 6.07 Å². The molecule has 5 nitrogen and oxygen atoms in total. The van der Waals surface area contributed by atoms with E-state index in [1.807, 2.05) is 24.3 Å². The molecule has 3 rings (SSSR count). The molecular weight excluding hydrogens is 357 g/mol. The first-order valence-electron chi connectivity index (χ1n) is 9.64. The first kappa shape index (κ1) is 19.9. The Balaban J connectivity index is 1.58. The topological polar surface area (TPSA) is 53.6 Å². The second kappa shape index (κ2) is 9.37. The second-order valence-electron chi connectivity index (χ2n) is 6.58. The minimum Gasteiger partial charge on any atom is -0.490 e. The number of halogens is 1. The molecule has 1 heterocycles. The Kier molecular flexibility index (Phi) is 6.66. The predicted molar refractivity (Wildman–Crippen MR) is 111 cm³/mol. The van der Waals surface area contributed by atoms with Gasteiger partial charge in [0.2, 0.25) is 0 Å². The van der Waals surface area contributed by atoms with Crippen LogP contribution in [0.25, 0.3) is 5.57 Å². The maximum atomic E-state index is 14.3. The van der Waals surface area contributed by atoms with Gasteiger partial charge in [-0.3, -0.25) is 4.79 Å². The quantitative estimate of drug-likeness (QED) is 0.500. The molecule has 0 radical (unpaired) electrons. The Morgan fingerprint density at radius 3 is 2.71 bits per heavy atom. The number of amides is 1. The standard InChI is InChI=1S/C22H26FN3O2/c1-3-26(4-2)12-7-13-28-21-11-10-16(14-19(21)23)24-15-18-17-8-5-6-9-20(17)25-22(18)27/h5-6,8-11,14-15,24H,3-4,7,12-13H2,1-2H3,(H,25,27). The first-order chi connectivity index (χ1) is 13.6. The van der Waals surface area contributed by atoms with E-state index in [4.69, 9.17) is 4.74 Å². The van der Waals surface area contributed by atoms with Crippen LogP contribution in [-0.2, 0) is 4.79 Å². The SMILES string of the molecule is CCN(CC)CCCOc1ccc(NC=C2C(=O)Nc3ccccc32)cc1F. The average molecular weight is 383 g/mol. The number of ether oxygens (including phenoxy) is 1. The van der Waals surface area contributed by atoms with Gasteiger partial charge in [0.1, 0.15) is 0 Å². The fourth-order valence-electron chi connectivity index (χ4n) is 3.16. The van der Waals surface area contributed by atoms with Crippen LogP contribution < -0.4 is 15.4 Å². The summed E-state index contributed by atoms with van der Waals surface area (Å²) < 4.78 is 19.9. The molecule has 148 valence electrons. The molecule has 0 saturated heterocycles. The summed E-state index contributed by atoms with van der Waals surface area (Å²) in [4.78, 5) is 14.4. The lowest BCUT2D eigenvalue weighted by Gasteiger charge is -2.17. The van der Waals surface area contributed by atoms with Crippen LogP contribution in [0, 0.1) is 5.82 Å². The molecule has 0 atom stereocenters. The summed E-state index contributed by atoms with van der Waals surface area (Å²) in [6.45, 7) is 7.66. The Labute approximate surface area is 165 Å². The molecule has 0 saturated carbocycles. The number of para-hydroxylation sites is 1. The van der Waals surface area contributed by atoms with Crippen LogP contribution in [0.15, 0.2) is 48.7 Å². The number of benzene rings is 2. The van der Waals surface area contributed by atoms with E-state index < -0.39 is 5.82 Å². The van der Waals surface area contributed by atoms with Crippen molar-refractivity contribution in [1.29, 1.82) is 0 Å². The molecule has 0 aromatic heterocycles. The van der Waals surface area contributed by atoms with Crippen molar-refractivity contribution >= 4 is 22.9 Å². The smallest absolute Gasteiger partial charge is 0.257 e. The maximum absolute atomic E-state index is 14.3. The summed E-state index contributed by atoms with van der Waals surface area (Å²) in [5.74, 6) is -0.369. The molecule has 28 heavy (non-hydrogen) atoms. The van der Waals surface area contributed by atoms with Gasteiger partial charge in [-0.2, -0.15) is 0 Å². The van der Waals surface area contributed by atoms with Crippen molar-refractivity contribution in [2.24, 2.45) is 0 Å². The number of hydrogen-bond donors (Lipinski definition) is 2. The summed E-state index contributed by atoms with van der Waals surface area (Å²) in [7, 11) is 0. The summed E-state index contributed by atoms with van der Waals surface area (Å²) in [5, 5.41) is 5.80. The van der Waals surface area contributed by atoms with E-state index in [1.54, 1.807) is 18.3 Å².